The fourth-order valence-corrected chi connectivity index (χ4v) is 1.48. The first kappa shape index (κ1) is 21.9. The summed E-state index contributed by atoms with van der Waals surface area (Å²) in [5, 5.41) is 34.5. The normalized spacial score (nSPS) is 10.2. The van der Waals surface area contributed by atoms with Gasteiger partial charge in [0.1, 0.15) is 0 Å². The van der Waals surface area contributed by atoms with Crippen molar-refractivity contribution in [3.05, 3.63) is 0 Å². The van der Waals surface area contributed by atoms with Crippen LogP contribution in [0, 0.1) is 0 Å². The van der Waals surface area contributed by atoms with Crippen molar-refractivity contribution < 1.29 is 39.6 Å². The Morgan fingerprint density at radius 1 is 0.571 bits per heavy atom. The Morgan fingerprint density at radius 3 is 0.905 bits per heavy atom. The first-order valence-electron chi connectivity index (χ1n) is 5.52. The van der Waals surface area contributed by atoms with E-state index in [9.17, 15) is 19.2 Å². The summed E-state index contributed by atoms with van der Waals surface area (Å²) >= 11 is 0. The zero-order chi connectivity index (χ0) is 15.7. The van der Waals surface area contributed by atoms with Gasteiger partial charge in [-0.2, -0.15) is 0 Å². The van der Waals surface area contributed by atoms with Crippen molar-refractivity contribution in [1.29, 1.82) is 0 Å². The van der Waals surface area contributed by atoms with Gasteiger partial charge >= 0.3 is 47.8 Å². The number of carboxylic acids is 4. The van der Waals surface area contributed by atoms with E-state index < -0.39 is 50.1 Å². The van der Waals surface area contributed by atoms with Gasteiger partial charge in [-0.05, 0) is 0 Å². The first-order valence-corrected chi connectivity index (χ1v) is 5.52. The molecule has 11 heteroatoms. The Morgan fingerprint density at radius 2 is 0.762 bits per heavy atom. The average molecular weight is 413 g/mol. The van der Waals surface area contributed by atoms with E-state index in [2.05, 4.69) is 0 Å². The van der Waals surface area contributed by atoms with Crippen LogP contribution in [0.4, 0.5) is 0 Å². The molecule has 0 aliphatic carbocycles. The standard InChI is InChI=1S/C10H16N2O8.Sn.2H/c13-7(14)3-11(4-8(15)16)1-2-12(5-9(17)18)6-10(19)20;;;/h1-6H2,(H,13,14)(H,15,16)(H,17,18)(H,19,20);;;. The van der Waals surface area contributed by atoms with Crippen molar-refractivity contribution >= 4 is 47.8 Å². The van der Waals surface area contributed by atoms with Crippen LogP contribution in [0.2, 0.25) is 0 Å². The van der Waals surface area contributed by atoms with E-state index in [0.29, 0.717) is 0 Å². The maximum atomic E-state index is 10.6. The Kier molecular flexibility index (Phi) is 11.8. The molecule has 0 amide bonds. The molecule has 2 radical (unpaired) electrons. The zero-order valence-electron chi connectivity index (χ0n) is 11.3. The van der Waals surface area contributed by atoms with E-state index in [-0.39, 0.29) is 37.0 Å². The summed E-state index contributed by atoms with van der Waals surface area (Å²) in [4.78, 5) is 44.4. The van der Waals surface area contributed by atoms with Crippen molar-refractivity contribution in [2.45, 2.75) is 0 Å². The third-order valence-corrected chi connectivity index (χ3v) is 2.17. The van der Waals surface area contributed by atoms with Crippen molar-refractivity contribution in [3.63, 3.8) is 0 Å². The Hall–Kier alpha value is -1.40. The molecular weight excluding hydrogens is 395 g/mol. The van der Waals surface area contributed by atoms with Crippen molar-refractivity contribution in [2.75, 3.05) is 39.3 Å². The van der Waals surface area contributed by atoms with Gasteiger partial charge in [-0.3, -0.25) is 29.0 Å². The third kappa shape index (κ3) is 13.3. The minimum atomic E-state index is -1.23. The molecule has 0 heterocycles. The molecule has 0 unspecified atom stereocenters. The fourth-order valence-electron chi connectivity index (χ4n) is 1.48. The van der Waals surface area contributed by atoms with Gasteiger partial charge < -0.3 is 20.4 Å². The number of hydrogen-bond acceptors (Lipinski definition) is 6. The Balaban J connectivity index is 0. The summed E-state index contributed by atoms with van der Waals surface area (Å²) < 4.78 is 0. The van der Waals surface area contributed by atoms with Crippen LogP contribution in [-0.4, -0.2) is 117 Å². The SMILES string of the molecule is O=C(O)CN(CCN(CC(=O)O)CC(=O)O)CC(=O)O.[SnH2]. The van der Waals surface area contributed by atoms with Crippen LogP contribution in [0.1, 0.15) is 0 Å². The number of aliphatic carboxylic acids is 4. The molecule has 0 aliphatic rings. The molecular formula is C10H18N2O8Sn. The molecule has 0 atom stereocenters. The molecule has 10 nitrogen and oxygen atoms in total. The monoisotopic (exact) mass is 414 g/mol. The predicted molar refractivity (Wildman–Crippen MR) is 72.0 cm³/mol. The molecule has 0 saturated carbocycles. The first-order chi connectivity index (χ1) is 9.20. The van der Waals surface area contributed by atoms with E-state index in [4.69, 9.17) is 20.4 Å². The fraction of sp³-hybridized carbons (Fsp3) is 0.600. The summed E-state index contributed by atoms with van der Waals surface area (Å²) in [6, 6.07) is 0. The molecule has 4 N–H and O–H groups in total. The third-order valence-electron chi connectivity index (χ3n) is 2.17. The van der Waals surface area contributed by atoms with Gasteiger partial charge in [-0.15, -0.1) is 0 Å². The predicted octanol–water partition coefficient (Wildman–Crippen LogP) is -2.99. The average Bonchev–Trinajstić information content (AvgIpc) is 2.22. The van der Waals surface area contributed by atoms with Crippen molar-refractivity contribution in [3.8, 4) is 0 Å². The molecule has 0 aromatic carbocycles. The molecule has 120 valence electrons. The topological polar surface area (TPSA) is 156 Å². The van der Waals surface area contributed by atoms with Crippen molar-refractivity contribution in [2.24, 2.45) is 0 Å². The summed E-state index contributed by atoms with van der Waals surface area (Å²) in [5.74, 6) is -4.91. The van der Waals surface area contributed by atoms with Crippen LogP contribution in [0.25, 0.3) is 0 Å². The van der Waals surface area contributed by atoms with Gasteiger partial charge in [-0.25, -0.2) is 0 Å². The Bertz CT molecular complexity index is 321. The van der Waals surface area contributed by atoms with Crippen LogP contribution in [-0.2, 0) is 19.2 Å². The van der Waals surface area contributed by atoms with E-state index in [0.717, 1.165) is 9.80 Å². The number of rotatable bonds is 11. The number of hydrogen-bond donors (Lipinski definition) is 4. The number of carbonyl (C=O) groups is 4. The van der Waals surface area contributed by atoms with Gasteiger partial charge in [0.2, 0.25) is 0 Å². The molecule has 0 bridgehead atoms. The van der Waals surface area contributed by atoms with Crippen LogP contribution in [0.15, 0.2) is 0 Å². The van der Waals surface area contributed by atoms with Gasteiger partial charge in [0, 0.05) is 13.1 Å². The summed E-state index contributed by atoms with van der Waals surface area (Å²) in [7, 11) is 0. The molecule has 0 rings (SSSR count). The second kappa shape index (κ2) is 11.3. The second-order valence-electron chi connectivity index (χ2n) is 4.00. The molecule has 21 heavy (non-hydrogen) atoms. The quantitative estimate of drug-likeness (QED) is 0.258. The zero-order valence-corrected chi connectivity index (χ0v) is 15.3. The minimum absolute atomic E-state index is 0. The van der Waals surface area contributed by atoms with E-state index >= 15 is 0 Å². The molecule has 0 aliphatic heterocycles. The van der Waals surface area contributed by atoms with Gasteiger partial charge in [0.05, 0.1) is 26.2 Å². The van der Waals surface area contributed by atoms with Gasteiger partial charge in [0.25, 0.3) is 0 Å². The van der Waals surface area contributed by atoms with Crippen molar-refractivity contribution in [1.82, 2.24) is 9.80 Å². The van der Waals surface area contributed by atoms with E-state index in [1.807, 2.05) is 0 Å². The molecule has 0 saturated heterocycles. The van der Waals surface area contributed by atoms with Crippen LogP contribution < -0.4 is 0 Å². The number of carboxylic acid groups (broad SMARTS) is 4. The molecule has 0 aromatic heterocycles. The van der Waals surface area contributed by atoms with Gasteiger partial charge in [0.15, 0.2) is 0 Å². The van der Waals surface area contributed by atoms with Crippen LogP contribution >= 0.6 is 0 Å². The summed E-state index contributed by atoms with van der Waals surface area (Å²) in [6.45, 7) is -2.25. The van der Waals surface area contributed by atoms with Gasteiger partial charge in [-0.1, -0.05) is 0 Å². The van der Waals surface area contributed by atoms with E-state index in [1.54, 1.807) is 0 Å². The Labute approximate surface area is 136 Å². The van der Waals surface area contributed by atoms with E-state index in [1.165, 1.54) is 0 Å². The summed E-state index contributed by atoms with van der Waals surface area (Å²) in [6.07, 6.45) is 0. The summed E-state index contributed by atoms with van der Waals surface area (Å²) in [5.41, 5.74) is 0. The molecule has 0 fully saturated rings. The molecule has 0 aromatic rings. The maximum absolute atomic E-state index is 10.6. The second-order valence-corrected chi connectivity index (χ2v) is 4.00. The number of nitrogens with zero attached hydrogens (tertiary/aromatic N) is 2. The van der Waals surface area contributed by atoms with Crippen LogP contribution in [0.5, 0.6) is 0 Å². The van der Waals surface area contributed by atoms with Crippen LogP contribution in [0.3, 0.4) is 0 Å². The molecule has 0 spiro atoms.